The highest BCUT2D eigenvalue weighted by atomic mass is 79.9. The van der Waals surface area contributed by atoms with Gasteiger partial charge in [0.05, 0.1) is 0 Å². The molecule has 0 heterocycles. The van der Waals surface area contributed by atoms with Gasteiger partial charge in [-0.3, -0.25) is 0 Å². The Hall–Kier alpha value is -2.20. The van der Waals surface area contributed by atoms with Crippen molar-refractivity contribution in [1.82, 2.24) is 0 Å². The second kappa shape index (κ2) is 7.79. The van der Waals surface area contributed by atoms with E-state index in [0.717, 1.165) is 16.5 Å². The second-order valence-electron chi connectivity index (χ2n) is 5.82. The van der Waals surface area contributed by atoms with Crippen molar-refractivity contribution in [3.8, 4) is 16.9 Å². The molecular formula is C21H17BrF2O. The zero-order valence-corrected chi connectivity index (χ0v) is 15.3. The van der Waals surface area contributed by atoms with Crippen molar-refractivity contribution in [2.75, 3.05) is 0 Å². The topological polar surface area (TPSA) is 9.23 Å². The molecule has 0 amide bonds. The number of para-hydroxylation sites is 1. The maximum atomic E-state index is 13.7. The van der Waals surface area contributed by atoms with E-state index in [1.807, 2.05) is 42.5 Å². The fourth-order valence-corrected chi connectivity index (χ4v) is 3.06. The van der Waals surface area contributed by atoms with Crippen molar-refractivity contribution >= 4 is 15.9 Å². The zero-order valence-electron chi connectivity index (χ0n) is 13.7. The Morgan fingerprint density at radius 2 is 1.56 bits per heavy atom. The number of aryl methyl sites for hydroxylation is 1. The Morgan fingerprint density at radius 1 is 0.840 bits per heavy atom. The van der Waals surface area contributed by atoms with Crippen molar-refractivity contribution < 1.29 is 13.5 Å². The smallest absolute Gasteiger partial charge is 0.159 e. The van der Waals surface area contributed by atoms with E-state index >= 15 is 0 Å². The highest BCUT2D eigenvalue weighted by molar-refractivity contribution is 9.08. The summed E-state index contributed by atoms with van der Waals surface area (Å²) < 4.78 is 33.1. The monoisotopic (exact) mass is 402 g/mol. The van der Waals surface area contributed by atoms with E-state index in [4.69, 9.17) is 4.74 Å². The Balaban J connectivity index is 1.90. The predicted octanol–water partition coefficient (Wildman–Crippen LogP) is 6.41. The first kappa shape index (κ1) is 17.6. The molecule has 0 saturated carbocycles. The Bertz CT molecular complexity index is 893. The summed E-state index contributed by atoms with van der Waals surface area (Å²) in [5, 5.41) is 0.783. The summed E-state index contributed by atoms with van der Waals surface area (Å²) in [7, 11) is 0. The van der Waals surface area contributed by atoms with Crippen molar-refractivity contribution in [3.05, 3.63) is 89.0 Å². The van der Waals surface area contributed by atoms with Gasteiger partial charge < -0.3 is 4.74 Å². The molecule has 0 N–H and O–H groups in total. The first-order chi connectivity index (χ1) is 12.1. The minimum atomic E-state index is -0.861. The fourth-order valence-electron chi connectivity index (χ4n) is 2.72. The van der Waals surface area contributed by atoms with Crippen LogP contribution in [0.4, 0.5) is 8.78 Å². The van der Waals surface area contributed by atoms with Crippen molar-refractivity contribution in [2.45, 2.75) is 18.9 Å². The third-order valence-electron chi connectivity index (χ3n) is 3.98. The Kier molecular flexibility index (Phi) is 5.49. The average molecular weight is 403 g/mol. The summed E-state index contributed by atoms with van der Waals surface area (Å²) in [6, 6.07) is 17.9. The van der Waals surface area contributed by atoms with E-state index in [1.54, 1.807) is 6.92 Å². The van der Waals surface area contributed by atoms with E-state index in [1.165, 1.54) is 17.7 Å². The third-order valence-corrected chi connectivity index (χ3v) is 4.63. The van der Waals surface area contributed by atoms with Gasteiger partial charge in [-0.1, -0.05) is 58.4 Å². The SMILES string of the molecule is Cc1cc(F)c(F)cc1-c1ccccc1OCc1cccc(CBr)c1. The van der Waals surface area contributed by atoms with Crippen molar-refractivity contribution in [2.24, 2.45) is 0 Å². The molecule has 0 radical (unpaired) electrons. The zero-order chi connectivity index (χ0) is 17.8. The van der Waals surface area contributed by atoms with Gasteiger partial charge in [0, 0.05) is 10.9 Å². The normalized spacial score (nSPS) is 10.7. The molecule has 3 aromatic rings. The standard InChI is InChI=1S/C21H17BrF2O/c1-14-9-19(23)20(24)11-18(14)17-7-2-3-8-21(17)25-13-16-6-4-5-15(10-16)12-22/h2-11H,12-13H2,1H3. The molecule has 1 nitrogen and oxygen atoms in total. The molecule has 0 aliphatic carbocycles. The van der Waals surface area contributed by atoms with E-state index in [0.29, 0.717) is 23.5 Å². The van der Waals surface area contributed by atoms with Gasteiger partial charge >= 0.3 is 0 Å². The lowest BCUT2D eigenvalue weighted by Gasteiger charge is -2.14. The minimum Gasteiger partial charge on any atom is -0.488 e. The number of ether oxygens (including phenoxy) is 1. The number of hydrogen-bond donors (Lipinski definition) is 0. The molecule has 3 rings (SSSR count). The third kappa shape index (κ3) is 4.07. The first-order valence-corrected chi connectivity index (χ1v) is 9.02. The van der Waals surface area contributed by atoms with Gasteiger partial charge in [0.1, 0.15) is 12.4 Å². The average Bonchev–Trinajstić information content (AvgIpc) is 2.63. The van der Waals surface area contributed by atoms with Crippen LogP contribution < -0.4 is 4.74 Å². The molecule has 0 aliphatic rings. The Labute approximate surface area is 154 Å². The Morgan fingerprint density at radius 3 is 2.36 bits per heavy atom. The fraction of sp³-hybridized carbons (Fsp3) is 0.143. The predicted molar refractivity (Wildman–Crippen MR) is 99.9 cm³/mol. The van der Waals surface area contributed by atoms with Crippen LogP contribution >= 0.6 is 15.9 Å². The van der Waals surface area contributed by atoms with Crippen LogP contribution in [0.2, 0.25) is 0 Å². The molecule has 3 aromatic carbocycles. The molecule has 0 fully saturated rings. The van der Waals surface area contributed by atoms with Crippen LogP contribution in [-0.2, 0) is 11.9 Å². The van der Waals surface area contributed by atoms with Gasteiger partial charge in [-0.2, -0.15) is 0 Å². The molecule has 0 saturated heterocycles. The molecule has 128 valence electrons. The lowest BCUT2D eigenvalue weighted by atomic mass is 9.99. The molecule has 0 spiro atoms. The van der Waals surface area contributed by atoms with Gasteiger partial charge in [-0.15, -0.1) is 0 Å². The quantitative estimate of drug-likeness (QED) is 0.447. The van der Waals surface area contributed by atoms with Crippen LogP contribution in [0.3, 0.4) is 0 Å². The number of benzene rings is 3. The maximum Gasteiger partial charge on any atom is 0.159 e. The van der Waals surface area contributed by atoms with E-state index < -0.39 is 11.6 Å². The highest BCUT2D eigenvalue weighted by Crippen LogP contribution is 2.33. The number of halogens is 3. The van der Waals surface area contributed by atoms with Crippen LogP contribution in [0.25, 0.3) is 11.1 Å². The van der Waals surface area contributed by atoms with Crippen molar-refractivity contribution in [1.29, 1.82) is 0 Å². The van der Waals surface area contributed by atoms with Gasteiger partial charge in [-0.05, 0) is 47.4 Å². The molecule has 0 atom stereocenters. The van der Waals surface area contributed by atoms with Gasteiger partial charge in [0.15, 0.2) is 11.6 Å². The van der Waals surface area contributed by atoms with E-state index in [-0.39, 0.29) is 0 Å². The lowest BCUT2D eigenvalue weighted by molar-refractivity contribution is 0.307. The molecule has 0 aliphatic heterocycles. The number of hydrogen-bond acceptors (Lipinski definition) is 1. The lowest BCUT2D eigenvalue weighted by Crippen LogP contribution is -1.99. The van der Waals surface area contributed by atoms with Crippen LogP contribution in [0.5, 0.6) is 5.75 Å². The van der Waals surface area contributed by atoms with E-state index in [2.05, 4.69) is 22.0 Å². The van der Waals surface area contributed by atoms with Gasteiger partial charge in [0.25, 0.3) is 0 Å². The molecule has 4 heteroatoms. The molecule has 0 aromatic heterocycles. The first-order valence-electron chi connectivity index (χ1n) is 7.90. The van der Waals surface area contributed by atoms with E-state index in [9.17, 15) is 8.78 Å². The van der Waals surface area contributed by atoms with Crippen molar-refractivity contribution in [3.63, 3.8) is 0 Å². The molecular weight excluding hydrogens is 386 g/mol. The minimum absolute atomic E-state index is 0.403. The second-order valence-corrected chi connectivity index (χ2v) is 6.38. The largest absolute Gasteiger partial charge is 0.488 e. The van der Waals surface area contributed by atoms with Crippen LogP contribution in [-0.4, -0.2) is 0 Å². The highest BCUT2D eigenvalue weighted by Gasteiger charge is 2.13. The summed E-state index contributed by atoms with van der Waals surface area (Å²) in [5.41, 5.74) is 4.26. The summed E-state index contributed by atoms with van der Waals surface area (Å²) in [6.07, 6.45) is 0. The molecule has 25 heavy (non-hydrogen) atoms. The summed E-state index contributed by atoms with van der Waals surface area (Å²) in [6.45, 7) is 2.16. The maximum absolute atomic E-state index is 13.7. The van der Waals surface area contributed by atoms with Crippen LogP contribution in [0.15, 0.2) is 60.7 Å². The summed E-state index contributed by atoms with van der Waals surface area (Å²) in [5.74, 6) is -1.06. The summed E-state index contributed by atoms with van der Waals surface area (Å²) in [4.78, 5) is 0. The van der Waals surface area contributed by atoms with Crippen LogP contribution in [0.1, 0.15) is 16.7 Å². The molecule has 0 unspecified atom stereocenters. The summed E-state index contributed by atoms with van der Waals surface area (Å²) >= 11 is 3.44. The number of alkyl halides is 1. The van der Waals surface area contributed by atoms with Crippen LogP contribution in [0, 0.1) is 18.6 Å². The molecule has 0 bridgehead atoms. The van der Waals surface area contributed by atoms with Gasteiger partial charge in [-0.25, -0.2) is 8.78 Å². The van der Waals surface area contributed by atoms with Gasteiger partial charge in [0.2, 0.25) is 0 Å². The number of rotatable bonds is 5.